The second-order valence-corrected chi connectivity index (χ2v) is 15.2. The maximum absolute atomic E-state index is 12.2. The number of aromatic amines is 1. The zero-order valence-corrected chi connectivity index (χ0v) is 33.2. The van der Waals surface area contributed by atoms with E-state index in [0.29, 0.717) is 0 Å². The van der Waals surface area contributed by atoms with E-state index in [2.05, 4.69) is 64.7 Å². The van der Waals surface area contributed by atoms with E-state index < -0.39 is 95.4 Å². The van der Waals surface area contributed by atoms with E-state index in [9.17, 15) is 54.0 Å². The molecule has 0 radical (unpaired) electrons. The van der Waals surface area contributed by atoms with Crippen LogP contribution in [-0.2, 0) is 32.0 Å². The Kier molecular flexibility index (Phi) is 21.4. The van der Waals surface area contributed by atoms with Gasteiger partial charge in [0.1, 0.15) is 42.7 Å². The van der Waals surface area contributed by atoms with E-state index in [4.69, 9.17) is 14.6 Å². The number of nitrogens with zero attached hydrogens (tertiary/aromatic N) is 3. The molecule has 2 aliphatic heterocycles. The predicted molar refractivity (Wildman–Crippen MR) is 188 cm³/mol. The summed E-state index contributed by atoms with van der Waals surface area (Å²) in [5, 5.41) is 58.8. The van der Waals surface area contributed by atoms with Gasteiger partial charge in [0.05, 0.1) is 16.8 Å². The van der Waals surface area contributed by atoms with Crippen molar-refractivity contribution >= 4 is 38.2 Å². The van der Waals surface area contributed by atoms with Crippen LogP contribution < -0.4 is 11.2 Å². The number of aromatic nitrogens is 2. The molecule has 2 aliphatic rings. The van der Waals surface area contributed by atoms with Crippen molar-refractivity contribution < 1.29 is 72.4 Å². The van der Waals surface area contributed by atoms with E-state index in [1.807, 2.05) is 4.98 Å². The van der Waals surface area contributed by atoms with Crippen molar-refractivity contribution in [3.05, 3.63) is 30.6 Å². The Morgan fingerprint density at radius 2 is 1.27 bits per heavy atom. The number of nitrogens with one attached hydrogen (secondary N) is 1. The number of phosphoric acid groups is 2. The molecule has 3 rings (SSSR count). The summed E-state index contributed by atoms with van der Waals surface area (Å²) in [5.74, 6) is 0. The average Bonchev–Trinajstić information content (AvgIpc) is 3.36. The van der Waals surface area contributed by atoms with E-state index in [0.717, 1.165) is 10.8 Å². The van der Waals surface area contributed by atoms with Crippen molar-refractivity contribution in [2.45, 2.75) is 96.8 Å². The minimum Gasteiger partial charge on any atom is -0.394 e. The molecule has 3 heterocycles. The molecule has 2 saturated heterocycles. The first-order valence-electron chi connectivity index (χ1n) is 16.2. The molecule has 9 N–H and O–H groups in total. The fourth-order valence-electron chi connectivity index (χ4n) is 4.71. The number of phosphoric ester groups is 2. The number of halogens is 1. The van der Waals surface area contributed by atoms with Crippen LogP contribution in [0.5, 0.6) is 0 Å². The van der Waals surface area contributed by atoms with Crippen LogP contribution in [0.1, 0.15) is 47.8 Å². The summed E-state index contributed by atoms with van der Waals surface area (Å²) >= 11 is 1.60. The monoisotopic (exact) mass is 894 g/mol. The number of aliphatic hydroxyl groups excluding tert-OH is 6. The molecule has 51 heavy (non-hydrogen) atoms. The molecule has 0 aliphatic carbocycles. The second kappa shape index (κ2) is 22.6. The van der Waals surface area contributed by atoms with Gasteiger partial charge in [0.15, 0.2) is 12.5 Å². The Hall–Kier alpha value is -0.730. The van der Waals surface area contributed by atoms with Gasteiger partial charge in [-0.2, -0.15) is 4.31 Å². The largest absolute Gasteiger partial charge is 0.483 e. The summed E-state index contributed by atoms with van der Waals surface area (Å²) in [4.78, 5) is 49.9. The van der Waals surface area contributed by atoms with Crippen molar-refractivity contribution in [1.82, 2.24) is 19.4 Å². The van der Waals surface area contributed by atoms with Crippen LogP contribution >= 0.6 is 38.2 Å². The van der Waals surface area contributed by atoms with Crippen molar-refractivity contribution in [1.29, 1.82) is 0 Å². The van der Waals surface area contributed by atoms with Crippen molar-refractivity contribution in [2.75, 3.05) is 52.5 Å². The Morgan fingerprint density at radius 1 is 0.784 bits per heavy atom. The topological polar surface area (TPSA) is 303 Å². The standard InChI is InChI=1S/C15H23IN2O17P2.2C6H15N/c16-4-1-18(15(26)17-12(4)25)13-10(23)8(21)6(32-13)3-31-36(27,28)35-37(29,30)34-14-11(24)9(22)7(20)5(2-19)33-14;2*1-4-7(5-2)6-3/h1,5-11,13-14,19-24H,2-3H2,(H,27,28)(H,29,30)(H,17,25,26);2*4-6H2,1-3H3/t5-,6-,7-,8-,9+,10-,11-,13-,14-;;/m1../s1. The lowest BCUT2D eigenvalue weighted by Crippen LogP contribution is -2.58. The SMILES string of the molecule is CCN(CC)CC.CCN(CC)CC.O=c1[nH]c(=O)n([C@@H]2O[C@H](COP(=O)(O)OP(=O)(O)O[C@H]3O[C@H](CO)[C@@H](O)[C@H](O)[C@H]3O)[C@@H](O)[C@H]2O)cc1I. The van der Waals surface area contributed by atoms with E-state index in [1.165, 1.54) is 39.3 Å². The Bertz CT molecular complexity index is 1360. The van der Waals surface area contributed by atoms with Crippen molar-refractivity contribution in [3.63, 3.8) is 0 Å². The summed E-state index contributed by atoms with van der Waals surface area (Å²) in [6.45, 7) is 18.3. The zero-order valence-electron chi connectivity index (χ0n) is 29.3. The van der Waals surface area contributed by atoms with E-state index >= 15 is 0 Å². The van der Waals surface area contributed by atoms with Gasteiger partial charge >= 0.3 is 21.3 Å². The molecule has 1 aromatic rings. The fraction of sp³-hybridized carbons (Fsp3) is 0.852. The molecule has 0 amide bonds. The van der Waals surface area contributed by atoms with Crippen molar-refractivity contribution in [2.24, 2.45) is 0 Å². The second-order valence-electron chi connectivity index (χ2n) is 11.0. The van der Waals surface area contributed by atoms with Crippen LogP contribution in [0.4, 0.5) is 0 Å². The highest BCUT2D eigenvalue weighted by molar-refractivity contribution is 14.1. The molecule has 1 aromatic heterocycles. The lowest BCUT2D eigenvalue weighted by atomic mass is 10.00. The normalized spacial score (nSPS) is 30.2. The fourth-order valence-corrected chi connectivity index (χ4v) is 7.31. The van der Waals surface area contributed by atoms with Crippen LogP contribution in [-0.4, -0.2) is 161 Å². The van der Waals surface area contributed by atoms with Gasteiger partial charge in [-0.15, -0.1) is 0 Å². The molecule has 2 unspecified atom stereocenters. The summed E-state index contributed by atoms with van der Waals surface area (Å²) < 4.78 is 48.3. The number of aliphatic hydroxyl groups is 6. The molecule has 300 valence electrons. The molecule has 0 bridgehead atoms. The van der Waals surface area contributed by atoms with Crippen LogP contribution in [0.15, 0.2) is 15.8 Å². The van der Waals surface area contributed by atoms with Gasteiger partial charge in [0.25, 0.3) is 5.56 Å². The molecule has 0 aromatic carbocycles. The number of ether oxygens (including phenoxy) is 2. The number of hydrogen-bond acceptors (Lipinski definition) is 17. The molecule has 2 fully saturated rings. The maximum atomic E-state index is 12.2. The number of rotatable bonds is 15. The minimum atomic E-state index is -5.60. The number of hydrogen-bond donors (Lipinski definition) is 9. The summed E-state index contributed by atoms with van der Waals surface area (Å²) in [6, 6.07) is 0. The Labute approximate surface area is 309 Å². The van der Waals surface area contributed by atoms with Gasteiger partial charge in [0.2, 0.25) is 0 Å². The summed E-state index contributed by atoms with van der Waals surface area (Å²) in [7, 11) is -11.1. The quantitative estimate of drug-likeness (QED) is 0.0716. The molecular weight excluding hydrogens is 841 g/mol. The van der Waals surface area contributed by atoms with E-state index in [1.54, 1.807) is 22.6 Å². The predicted octanol–water partition coefficient (Wildman–Crippen LogP) is -1.49. The van der Waals surface area contributed by atoms with Gasteiger partial charge in [-0.1, -0.05) is 41.5 Å². The van der Waals surface area contributed by atoms with E-state index in [-0.39, 0.29) is 3.57 Å². The van der Waals surface area contributed by atoms with Crippen molar-refractivity contribution in [3.8, 4) is 0 Å². The molecule has 11 atom stereocenters. The lowest BCUT2D eigenvalue weighted by molar-refractivity contribution is -0.280. The van der Waals surface area contributed by atoms with Gasteiger partial charge in [-0.25, -0.2) is 13.9 Å². The van der Waals surface area contributed by atoms with Crippen LogP contribution in [0.3, 0.4) is 0 Å². The van der Waals surface area contributed by atoms with Gasteiger partial charge < -0.3 is 59.7 Å². The minimum absolute atomic E-state index is 0.0357. The highest BCUT2D eigenvalue weighted by atomic mass is 127. The van der Waals surface area contributed by atoms with Gasteiger partial charge in [0, 0.05) is 6.20 Å². The average molecular weight is 895 g/mol. The first-order valence-corrected chi connectivity index (χ1v) is 20.3. The third kappa shape index (κ3) is 14.8. The number of H-pyrrole nitrogens is 1. The Morgan fingerprint density at radius 3 is 1.73 bits per heavy atom. The third-order valence-corrected chi connectivity index (χ3v) is 11.3. The first-order chi connectivity index (χ1) is 23.8. The van der Waals surface area contributed by atoms with Gasteiger partial charge in [-0.3, -0.25) is 23.4 Å². The van der Waals surface area contributed by atoms with Crippen LogP contribution in [0, 0.1) is 3.57 Å². The summed E-state index contributed by atoms with van der Waals surface area (Å²) in [5.41, 5.74) is -1.71. The van der Waals surface area contributed by atoms with Crippen LogP contribution in [0.25, 0.3) is 0 Å². The molecule has 0 spiro atoms. The zero-order chi connectivity index (χ0) is 39.3. The first kappa shape index (κ1) is 48.3. The molecule has 21 nitrogen and oxygen atoms in total. The lowest BCUT2D eigenvalue weighted by Gasteiger charge is -2.39. The summed E-state index contributed by atoms with van der Waals surface area (Å²) in [6.07, 6.45) is -15.3. The highest BCUT2D eigenvalue weighted by Gasteiger charge is 2.49. The molecule has 24 heteroatoms. The van der Waals surface area contributed by atoms with Gasteiger partial charge in [-0.05, 0) is 61.9 Å². The molecular formula is C27H53IN4O17P2. The molecule has 0 saturated carbocycles. The highest BCUT2D eigenvalue weighted by Crippen LogP contribution is 2.61. The maximum Gasteiger partial charge on any atom is 0.483 e. The Balaban J connectivity index is 0.000000780. The smallest absolute Gasteiger partial charge is 0.394 e. The van der Waals surface area contributed by atoms with Crippen LogP contribution in [0.2, 0.25) is 0 Å². The third-order valence-electron chi connectivity index (χ3n) is 7.91.